The minimum Gasteiger partial charge on any atom is -0.329 e. The minimum atomic E-state index is 0.187. The molecule has 2 N–H and O–H groups in total. The predicted molar refractivity (Wildman–Crippen MR) is 79.9 cm³/mol. The molecule has 1 heterocycles. The average Bonchev–Trinajstić information content (AvgIpc) is 2.95. The van der Waals surface area contributed by atoms with Crippen molar-refractivity contribution in [2.75, 3.05) is 13.6 Å². The normalized spacial score (nSPS) is 28.8. The van der Waals surface area contributed by atoms with Gasteiger partial charge in [0.25, 0.3) is 0 Å². The summed E-state index contributed by atoms with van der Waals surface area (Å²) in [5, 5.41) is 2.16. The zero-order chi connectivity index (χ0) is 13.4. The summed E-state index contributed by atoms with van der Waals surface area (Å²) < 4.78 is 0. The number of nitrogens with two attached hydrogens (primary N) is 1. The van der Waals surface area contributed by atoms with E-state index in [0.29, 0.717) is 11.5 Å². The van der Waals surface area contributed by atoms with Crippen LogP contribution in [0.4, 0.5) is 0 Å². The van der Waals surface area contributed by atoms with E-state index in [4.69, 9.17) is 5.73 Å². The van der Waals surface area contributed by atoms with Crippen molar-refractivity contribution >= 4 is 11.3 Å². The topological polar surface area (TPSA) is 29.3 Å². The lowest BCUT2D eigenvalue weighted by Crippen LogP contribution is -2.51. The fraction of sp³-hybridized carbons (Fsp3) is 0.733. The molecule has 2 unspecified atom stereocenters. The first-order valence-electron chi connectivity index (χ1n) is 6.87. The highest BCUT2D eigenvalue weighted by Crippen LogP contribution is 2.48. The van der Waals surface area contributed by atoms with E-state index in [1.54, 1.807) is 0 Å². The number of hydrogen-bond acceptors (Lipinski definition) is 3. The van der Waals surface area contributed by atoms with Gasteiger partial charge in [-0.3, -0.25) is 4.90 Å². The first-order valence-corrected chi connectivity index (χ1v) is 7.75. The number of hydrogen-bond donors (Lipinski definition) is 1. The summed E-state index contributed by atoms with van der Waals surface area (Å²) in [6, 6.07) is 4.83. The second-order valence-corrected chi connectivity index (χ2v) is 7.55. The molecule has 1 saturated carbocycles. The van der Waals surface area contributed by atoms with Gasteiger partial charge in [0, 0.05) is 23.0 Å². The van der Waals surface area contributed by atoms with Crippen molar-refractivity contribution in [3.05, 3.63) is 22.4 Å². The molecular weight excluding hydrogens is 240 g/mol. The third-order valence-corrected chi connectivity index (χ3v) is 5.78. The standard InChI is InChI=1S/C15H26N2S/c1-12(13-6-5-9-18-13)17(4)15(11-16)8-7-14(2,3)10-15/h5-6,9,12H,7-8,10-11,16H2,1-4H3. The Labute approximate surface area is 115 Å². The van der Waals surface area contributed by atoms with Crippen LogP contribution in [-0.2, 0) is 0 Å². The number of nitrogens with zero attached hydrogens (tertiary/aromatic N) is 1. The molecule has 18 heavy (non-hydrogen) atoms. The largest absolute Gasteiger partial charge is 0.329 e. The van der Waals surface area contributed by atoms with E-state index >= 15 is 0 Å². The average molecular weight is 266 g/mol. The molecule has 1 aromatic rings. The third-order valence-electron chi connectivity index (χ3n) is 4.74. The van der Waals surface area contributed by atoms with Crippen LogP contribution >= 0.6 is 11.3 Å². The minimum absolute atomic E-state index is 0.187. The number of thiophene rings is 1. The van der Waals surface area contributed by atoms with Gasteiger partial charge in [-0.2, -0.15) is 0 Å². The van der Waals surface area contributed by atoms with Crippen LogP contribution in [-0.4, -0.2) is 24.0 Å². The molecule has 1 aliphatic carbocycles. The van der Waals surface area contributed by atoms with Gasteiger partial charge >= 0.3 is 0 Å². The molecule has 0 bridgehead atoms. The zero-order valence-electron chi connectivity index (χ0n) is 12.1. The lowest BCUT2D eigenvalue weighted by molar-refractivity contribution is 0.0811. The van der Waals surface area contributed by atoms with Gasteiger partial charge in [0.1, 0.15) is 0 Å². The molecule has 0 amide bonds. The molecule has 2 rings (SSSR count). The lowest BCUT2D eigenvalue weighted by atomic mass is 9.86. The molecule has 0 aromatic carbocycles. The van der Waals surface area contributed by atoms with E-state index in [1.807, 2.05) is 11.3 Å². The fourth-order valence-electron chi connectivity index (χ4n) is 3.39. The van der Waals surface area contributed by atoms with Gasteiger partial charge < -0.3 is 5.73 Å². The van der Waals surface area contributed by atoms with Gasteiger partial charge in [-0.15, -0.1) is 11.3 Å². The predicted octanol–water partition coefficient (Wildman–Crippen LogP) is 3.65. The van der Waals surface area contributed by atoms with Gasteiger partial charge in [-0.1, -0.05) is 19.9 Å². The molecule has 2 nitrogen and oxygen atoms in total. The SMILES string of the molecule is CC(c1cccs1)N(C)C1(CN)CCC(C)(C)C1. The Hall–Kier alpha value is -0.380. The van der Waals surface area contributed by atoms with Crippen LogP contribution in [0.25, 0.3) is 0 Å². The Morgan fingerprint density at radius 3 is 2.61 bits per heavy atom. The van der Waals surface area contributed by atoms with Crippen LogP contribution in [0.5, 0.6) is 0 Å². The van der Waals surface area contributed by atoms with Crippen LogP contribution in [0, 0.1) is 5.41 Å². The molecule has 1 aliphatic rings. The van der Waals surface area contributed by atoms with Gasteiger partial charge in [0.2, 0.25) is 0 Å². The maximum absolute atomic E-state index is 6.14. The van der Waals surface area contributed by atoms with Gasteiger partial charge in [-0.25, -0.2) is 0 Å². The molecule has 2 atom stereocenters. The van der Waals surface area contributed by atoms with E-state index in [0.717, 1.165) is 6.54 Å². The van der Waals surface area contributed by atoms with Crippen LogP contribution in [0.2, 0.25) is 0 Å². The number of rotatable bonds is 4. The second kappa shape index (κ2) is 4.95. The summed E-state index contributed by atoms with van der Waals surface area (Å²) in [6.45, 7) is 7.80. The van der Waals surface area contributed by atoms with Crippen LogP contribution in [0.3, 0.4) is 0 Å². The first kappa shape index (κ1) is 14.0. The highest BCUT2D eigenvalue weighted by atomic mass is 32.1. The van der Waals surface area contributed by atoms with Crippen LogP contribution < -0.4 is 5.73 Å². The summed E-state index contributed by atoms with van der Waals surface area (Å²) in [5.74, 6) is 0. The molecule has 3 heteroatoms. The van der Waals surface area contributed by atoms with Gasteiger partial charge in [0.05, 0.1) is 0 Å². The Bertz CT molecular complexity index is 385. The van der Waals surface area contributed by atoms with E-state index in [2.05, 4.69) is 50.2 Å². The smallest absolute Gasteiger partial charge is 0.0416 e. The Kier molecular flexibility index (Phi) is 3.86. The van der Waals surface area contributed by atoms with Crippen LogP contribution in [0.15, 0.2) is 17.5 Å². The quantitative estimate of drug-likeness (QED) is 0.901. The molecule has 0 aliphatic heterocycles. The fourth-order valence-corrected chi connectivity index (χ4v) is 4.22. The lowest BCUT2D eigenvalue weighted by Gasteiger charge is -2.42. The molecule has 0 saturated heterocycles. The molecule has 0 radical (unpaired) electrons. The van der Waals surface area contributed by atoms with Crippen molar-refractivity contribution in [1.29, 1.82) is 0 Å². The first-order chi connectivity index (χ1) is 8.40. The van der Waals surface area contributed by atoms with Crippen molar-refractivity contribution in [1.82, 2.24) is 4.90 Å². The van der Waals surface area contributed by atoms with Crippen molar-refractivity contribution < 1.29 is 0 Å². The summed E-state index contributed by atoms with van der Waals surface area (Å²) in [6.07, 6.45) is 3.72. The Morgan fingerprint density at radius 1 is 1.44 bits per heavy atom. The monoisotopic (exact) mass is 266 g/mol. The van der Waals surface area contributed by atoms with Crippen LogP contribution in [0.1, 0.15) is 51.0 Å². The third kappa shape index (κ3) is 2.49. The van der Waals surface area contributed by atoms with Crippen molar-refractivity contribution in [2.45, 2.75) is 51.6 Å². The van der Waals surface area contributed by atoms with E-state index in [1.165, 1.54) is 24.1 Å². The van der Waals surface area contributed by atoms with Crippen molar-refractivity contribution in [3.8, 4) is 0 Å². The zero-order valence-corrected chi connectivity index (χ0v) is 12.9. The summed E-state index contributed by atoms with van der Waals surface area (Å²) >= 11 is 1.84. The second-order valence-electron chi connectivity index (χ2n) is 6.57. The highest BCUT2D eigenvalue weighted by molar-refractivity contribution is 7.10. The highest BCUT2D eigenvalue weighted by Gasteiger charge is 2.46. The Morgan fingerprint density at radius 2 is 2.17 bits per heavy atom. The van der Waals surface area contributed by atoms with E-state index < -0.39 is 0 Å². The van der Waals surface area contributed by atoms with Gasteiger partial charge in [-0.05, 0) is 50.1 Å². The van der Waals surface area contributed by atoms with E-state index in [9.17, 15) is 0 Å². The van der Waals surface area contributed by atoms with Crippen molar-refractivity contribution in [2.24, 2.45) is 11.1 Å². The summed E-state index contributed by atoms with van der Waals surface area (Å²) in [4.78, 5) is 3.96. The summed E-state index contributed by atoms with van der Waals surface area (Å²) in [5.41, 5.74) is 6.76. The molecule has 1 fully saturated rings. The summed E-state index contributed by atoms with van der Waals surface area (Å²) in [7, 11) is 2.25. The number of likely N-dealkylation sites (N-methyl/N-ethyl adjacent to an activating group) is 1. The molecule has 1 aromatic heterocycles. The Balaban J connectivity index is 2.18. The van der Waals surface area contributed by atoms with Crippen molar-refractivity contribution in [3.63, 3.8) is 0 Å². The molecule has 102 valence electrons. The molecular formula is C15H26N2S. The maximum Gasteiger partial charge on any atom is 0.0416 e. The van der Waals surface area contributed by atoms with Gasteiger partial charge in [0.15, 0.2) is 0 Å². The molecule has 0 spiro atoms. The van der Waals surface area contributed by atoms with E-state index in [-0.39, 0.29) is 5.54 Å². The maximum atomic E-state index is 6.14.